The zero-order valence-corrected chi connectivity index (χ0v) is 19.6. The van der Waals surface area contributed by atoms with Gasteiger partial charge >= 0.3 is 12.2 Å². The summed E-state index contributed by atoms with van der Waals surface area (Å²) in [6.45, 7) is 8.03. The number of hydrogen-bond donors (Lipinski definition) is 4. The molecule has 0 fully saturated rings. The predicted octanol–water partition coefficient (Wildman–Crippen LogP) is 1.14. The normalized spacial score (nSPS) is 20.2. The van der Waals surface area contributed by atoms with Gasteiger partial charge in [0.1, 0.15) is 12.3 Å². The average Bonchev–Trinajstić information content (AvgIpc) is 3.15. The number of allylic oxidation sites excluding steroid dienone is 2. The van der Waals surface area contributed by atoms with Gasteiger partial charge in [-0.1, -0.05) is 19.6 Å². The number of carbonyl (C=O) groups excluding carboxylic acids is 4. The highest BCUT2D eigenvalue weighted by Crippen LogP contribution is 2.39. The number of hydrogen-bond acceptors (Lipinski definition) is 8. The standard InChI is InChI=1S/C20H29N5O6Si/c1-9-13(22)18(27)12-10(8-31-19(23)28)15-14(11(21)7-25(15)16(12)17(9)26)24-20(29)30-5-6-32(2,3)4/h11,14H,5-8,21-22H2,1-4H3,(H2,23,28)(H,24,29)/t11-,14-/m0/s1. The van der Waals surface area contributed by atoms with Gasteiger partial charge in [-0.3, -0.25) is 9.59 Å². The summed E-state index contributed by atoms with van der Waals surface area (Å²) in [5.74, 6) is -0.971. The van der Waals surface area contributed by atoms with Crippen LogP contribution in [-0.2, 0) is 22.6 Å². The van der Waals surface area contributed by atoms with Crippen LogP contribution in [0.15, 0.2) is 11.3 Å². The Hall–Kier alpha value is -3.12. The molecule has 1 aliphatic heterocycles. The minimum atomic E-state index is -1.39. The molecule has 32 heavy (non-hydrogen) atoms. The molecule has 1 aromatic rings. The summed E-state index contributed by atoms with van der Waals surface area (Å²) in [6, 6.07) is -0.570. The third-order valence-electron chi connectivity index (χ3n) is 5.67. The fourth-order valence-corrected chi connectivity index (χ4v) is 4.64. The van der Waals surface area contributed by atoms with Gasteiger partial charge in [0, 0.05) is 31.8 Å². The fraction of sp³-hybridized carbons (Fsp3) is 0.500. The zero-order valence-electron chi connectivity index (χ0n) is 18.6. The maximum absolute atomic E-state index is 13.0. The van der Waals surface area contributed by atoms with Crippen LogP contribution in [0.1, 0.15) is 45.1 Å². The quantitative estimate of drug-likeness (QED) is 0.453. The molecule has 2 amide bonds. The molecule has 0 saturated carbocycles. The molecule has 0 spiro atoms. The molecule has 1 aliphatic carbocycles. The van der Waals surface area contributed by atoms with E-state index in [-0.39, 0.29) is 47.8 Å². The summed E-state index contributed by atoms with van der Waals surface area (Å²) in [4.78, 5) is 49.6. The number of carbonyl (C=O) groups is 4. The molecule has 2 atom stereocenters. The van der Waals surface area contributed by atoms with Crippen molar-refractivity contribution in [3.63, 3.8) is 0 Å². The van der Waals surface area contributed by atoms with Gasteiger partial charge in [0.2, 0.25) is 11.6 Å². The SMILES string of the molecule is CC1=C(N)C(=O)c2c(COC(N)=O)c3n(c2C1=O)C[C@H](N)[C@@H]3NC(=O)OCC[Si](C)(C)C. The highest BCUT2D eigenvalue weighted by Gasteiger charge is 2.44. The second-order valence-corrected chi connectivity index (χ2v) is 14.9. The number of nitrogens with two attached hydrogens (primary N) is 3. The van der Waals surface area contributed by atoms with Gasteiger partial charge in [0.15, 0.2) is 0 Å². The van der Waals surface area contributed by atoms with Crippen LogP contribution in [-0.4, -0.2) is 49.0 Å². The first kappa shape index (κ1) is 23.5. The van der Waals surface area contributed by atoms with E-state index in [1.54, 1.807) is 4.57 Å². The van der Waals surface area contributed by atoms with Crippen molar-refractivity contribution in [3.05, 3.63) is 33.8 Å². The Bertz CT molecular complexity index is 1040. The monoisotopic (exact) mass is 463 g/mol. The van der Waals surface area contributed by atoms with Crippen molar-refractivity contribution in [3.8, 4) is 0 Å². The first-order valence-corrected chi connectivity index (χ1v) is 14.0. The lowest BCUT2D eigenvalue weighted by Crippen LogP contribution is -2.40. The van der Waals surface area contributed by atoms with E-state index in [0.717, 1.165) is 6.04 Å². The summed E-state index contributed by atoms with van der Waals surface area (Å²) in [7, 11) is -1.39. The molecular weight excluding hydrogens is 434 g/mol. The van der Waals surface area contributed by atoms with Gasteiger partial charge in [-0.05, 0) is 13.0 Å². The van der Waals surface area contributed by atoms with E-state index < -0.39 is 43.9 Å². The third kappa shape index (κ3) is 4.28. The van der Waals surface area contributed by atoms with Gasteiger partial charge in [0.25, 0.3) is 0 Å². The summed E-state index contributed by atoms with van der Waals surface area (Å²) in [5, 5.41) is 2.73. The van der Waals surface area contributed by atoms with Crippen LogP contribution in [0.5, 0.6) is 0 Å². The highest BCUT2D eigenvalue weighted by molar-refractivity contribution is 6.76. The van der Waals surface area contributed by atoms with E-state index in [1.165, 1.54) is 6.92 Å². The molecule has 174 valence electrons. The number of Topliss-reactive ketones (excluding diaryl/α,β-unsaturated/α-hetero) is 2. The van der Waals surface area contributed by atoms with Crippen molar-refractivity contribution in [2.75, 3.05) is 6.61 Å². The number of amides is 2. The predicted molar refractivity (Wildman–Crippen MR) is 118 cm³/mol. The minimum Gasteiger partial charge on any atom is -0.450 e. The molecule has 2 aliphatic rings. The van der Waals surface area contributed by atoms with Crippen LogP contribution in [0.3, 0.4) is 0 Å². The molecule has 12 heteroatoms. The number of primary amides is 1. The van der Waals surface area contributed by atoms with Gasteiger partial charge in [-0.2, -0.15) is 0 Å². The fourth-order valence-electron chi connectivity index (χ4n) is 3.92. The number of nitrogens with zero attached hydrogens (tertiary/aromatic N) is 1. The molecule has 7 N–H and O–H groups in total. The highest BCUT2D eigenvalue weighted by atomic mass is 28.3. The Morgan fingerprint density at radius 3 is 2.44 bits per heavy atom. The lowest BCUT2D eigenvalue weighted by molar-refractivity contribution is 0.0965. The second-order valence-electron chi connectivity index (χ2n) is 9.24. The second kappa shape index (κ2) is 8.43. The maximum atomic E-state index is 13.0. The van der Waals surface area contributed by atoms with Crippen LogP contribution < -0.4 is 22.5 Å². The van der Waals surface area contributed by atoms with E-state index in [9.17, 15) is 19.2 Å². The Morgan fingerprint density at radius 1 is 1.19 bits per heavy atom. The van der Waals surface area contributed by atoms with Crippen molar-refractivity contribution in [2.24, 2.45) is 17.2 Å². The van der Waals surface area contributed by atoms with E-state index in [1.807, 2.05) is 0 Å². The molecule has 0 radical (unpaired) electrons. The number of ether oxygens (including phenoxy) is 2. The number of nitrogens with one attached hydrogen (secondary N) is 1. The minimum absolute atomic E-state index is 0.0418. The van der Waals surface area contributed by atoms with Crippen molar-refractivity contribution in [1.82, 2.24) is 9.88 Å². The Kier molecular flexibility index (Phi) is 6.20. The van der Waals surface area contributed by atoms with Crippen LogP contribution in [0.25, 0.3) is 0 Å². The summed E-state index contributed by atoms with van der Waals surface area (Å²) < 4.78 is 11.8. The molecule has 3 rings (SSSR count). The van der Waals surface area contributed by atoms with E-state index in [4.69, 9.17) is 26.7 Å². The van der Waals surface area contributed by atoms with E-state index in [2.05, 4.69) is 25.0 Å². The molecule has 2 heterocycles. The molecule has 1 aromatic heterocycles. The smallest absolute Gasteiger partial charge is 0.407 e. The topological polar surface area (TPSA) is 182 Å². The zero-order chi connectivity index (χ0) is 24.0. The number of aromatic nitrogens is 1. The maximum Gasteiger partial charge on any atom is 0.407 e. The Morgan fingerprint density at radius 2 is 1.84 bits per heavy atom. The van der Waals surface area contributed by atoms with Crippen LogP contribution in [0, 0.1) is 0 Å². The van der Waals surface area contributed by atoms with E-state index >= 15 is 0 Å². The molecular formula is C20H29N5O6Si. The van der Waals surface area contributed by atoms with Crippen LogP contribution in [0.4, 0.5) is 9.59 Å². The number of rotatable bonds is 6. The summed E-state index contributed by atoms with van der Waals surface area (Å²) in [6.07, 6.45) is -1.71. The van der Waals surface area contributed by atoms with Crippen LogP contribution >= 0.6 is 0 Å². The molecule has 0 unspecified atom stereocenters. The van der Waals surface area contributed by atoms with E-state index in [0.29, 0.717) is 5.69 Å². The molecule has 11 nitrogen and oxygen atoms in total. The lowest BCUT2D eigenvalue weighted by Gasteiger charge is -2.21. The van der Waals surface area contributed by atoms with Gasteiger partial charge < -0.3 is 36.6 Å². The van der Waals surface area contributed by atoms with Gasteiger partial charge in [0.05, 0.1) is 29.6 Å². The van der Waals surface area contributed by atoms with Crippen molar-refractivity contribution < 1.29 is 28.7 Å². The summed E-state index contributed by atoms with van der Waals surface area (Å²) in [5.41, 5.74) is 18.0. The van der Waals surface area contributed by atoms with Crippen LogP contribution in [0.2, 0.25) is 25.7 Å². The Balaban J connectivity index is 1.98. The lowest BCUT2D eigenvalue weighted by atomic mass is 9.89. The Labute approximate surface area is 186 Å². The van der Waals surface area contributed by atoms with Gasteiger partial charge in [-0.25, -0.2) is 9.59 Å². The van der Waals surface area contributed by atoms with Gasteiger partial charge in [-0.15, -0.1) is 0 Å². The number of alkyl carbamates (subject to hydrolysis) is 1. The first-order chi connectivity index (χ1) is 14.8. The number of fused-ring (bicyclic) bond motifs is 3. The number of ketones is 2. The summed E-state index contributed by atoms with van der Waals surface area (Å²) >= 11 is 0. The average molecular weight is 464 g/mol. The molecule has 0 bridgehead atoms. The van der Waals surface area contributed by atoms with Crippen molar-refractivity contribution in [2.45, 2.75) is 57.8 Å². The van der Waals surface area contributed by atoms with Crippen molar-refractivity contribution in [1.29, 1.82) is 0 Å². The third-order valence-corrected chi connectivity index (χ3v) is 7.38. The first-order valence-electron chi connectivity index (χ1n) is 10.3. The largest absolute Gasteiger partial charge is 0.450 e. The molecule has 0 aromatic carbocycles. The van der Waals surface area contributed by atoms with Crippen molar-refractivity contribution >= 4 is 31.8 Å². The molecule has 0 saturated heterocycles.